The molecule has 176 valence electrons. The highest BCUT2D eigenvalue weighted by Gasteiger charge is 2.39. The zero-order valence-electron chi connectivity index (χ0n) is 19.7. The van der Waals surface area contributed by atoms with E-state index in [0.29, 0.717) is 0 Å². The Balaban J connectivity index is 1.07. The highest BCUT2D eigenvalue weighted by Crippen LogP contribution is 2.44. The number of piperidine rings is 1. The van der Waals surface area contributed by atoms with E-state index in [0.717, 1.165) is 53.2 Å². The predicted molar refractivity (Wildman–Crippen MR) is 137 cm³/mol. The summed E-state index contributed by atoms with van der Waals surface area (Å²) in [6.07, 6.45) is 8.79. The summed E-state index contributed by atoms with van der Waals surface area (Å²) in [5.41, 5.74) is 3.79. The third-order valence-corrected chi connectivity index (χ3v) is 8.70. The van der Waals surface area contributed by atoms with Crippen LogP contribution in [0.2, 0.25) is 0 Å². The fraction of sp³-hybridized carbons (Fsp3) is 0.429. The zero-order chi connectivity index (χ0) is 22.9. The van der Waals surface area contributed by atoms with Crippen molar-refractivity contribution < 1.29 is 4.74 Å². The molecule has 0 spiro atoms. The Kier molecular flexibility index (Phi) is 6.18. The molecule has 3 aliphatic rings. The number of fused-ring (bicyclic) bond motifs is 4. The maximum absolute atomic E-state index is 6.12. The summed E-state index contributed by atoms with van der Waals surface area (Å²) >= 11 is 1.70. The molecule has 0 radical (unpaired) electrons. The number of nitrogens with zero attached hydrogens (tertiary/aromatic N) is 3. The van der Waals surface area contributed by atoms with Crippen LogP contribution in [0.25, 0.3) is 0 Å². The highest BCUT2D eigenvalue weighted by atomic mass is 32.2. The average Bonchev–Trinajstić information content (AvgIpc) is 2.83. The molecular weight excluding hydrogens is 440 g/mol. The lowest BCUT2D eigenvalue weighted by molar-refractivity contribution is 0.00855. The molecule has 1 saturated carbocycles. The lowest BCUT2D eigenvalue weighted by atomic mass is 9.67. The number of anilines is 2. The standard InChI is InChI=1S/C28H32N4OS/c1-19-4-2-7-23(14-19)33-13-10-24-21-5-3-6-22(24)18-32(17-21)16-20-8-9-26-25(15-20)31-27-28(34-26)30-12-11-29-27/h2,4,7-9,11-12,14-15,21-22,24H,3,5-6,10,13,16-18H2,1H3,(H,29,31). The van der Waals surface area contributed by atoms with Crippen molar-refractivity contribution >= 4 is 23.3 Å². The van der Waals surface area contributed by atoms with Crippen LogP contribution >= 0.6 is 11.8 Å². The molecule has 2 aliphatic heterocycles. The first kappa shape index (κ1) is 21.9. The van der Waals surface area contributed by atoms with E-state index in [1.54, 1.807) is 24.2 Å². The summed E-state index contributed by atoms with van der Waals surface area (Å²) in [6.45, 7) is 6.39. The molecule has 1 saturated heterocycles. The van der Waals surface area contributed by atoms with Gasteiger partial charge >= 0.3 is 0 Å². The summed E-state index contributed by atoms with van der Waals surface area (Å²) in [7, 11) is 0. The summed E-state index contributed by atoms with van der Waals surface area (Å²) in [6, 6.07) is 15.2. The van der Waals surface area contributed by atoms with E-state index in [1.807, 2.05) is 0 Å². The van der Waals surface area contributed by atoms with Crippen molar-refractivity contribution in [1.82, 2.24) is 14.9 Å². The minimum absolute atomic E-state index is 0.794. The molecule has 2 fully saturated rings. The van der Waals surface area contributed by atoms with Crippen molar-refractivity contribution in [3.05, 3.63) is 66.0 Å². The van der Waals surface area contributed by atoms with Gasteiger partial charge in [0.25, 0.3) is 0 Å². The average molecular weight is 473 g/mol. The molecule has 1 aliphatic carbocycles. The van der Waals surface area contributed by atoms with Crippen LogP contribution in [0.4, 0.5) is 11.5 Å². The van der Waals surface area contributed by atoms with Gasteiger partial charge in [-0.1, -0.05) is 36.4 Å². The maximum atomic E-state index is 6.12. The van der Waals surface area contributed by atoms with Crippen LogP contribution in [0.15, 0.2) is 64.8 Å². The van der Waals surface area contributed by atoms with Gasteiger partial charge in [0, 0.05) is 36.9 Å². The minimum atomic E-state index is 0.794. The number of aromatic nitrogens is 2. The maximum Gasteiger partial charge on any atom is 0.163 e. The Morgan fingerprint density at radius 3 is 2.76 bits per heavy atom. The second-order valence-electron chi connectivity index (χ2n) is 10.0. The van der Waals surface area contributed by atoms with E-state index in [2.05, 4.69) is 69.6 Å². The number of hydrogen-bond donors (Lipinski definition) is 1. The van der Waals surface area contributed by atoms with Crippen LogP contribution < -0.4 is 10.1 Å². The molecule has 2 atom stereocenters. The van der Waals surface area contributed by atoms with E-state index in [-0.39, 0.29) is 0 Å². The summed E-state index contributed by atoms with van der Waals surface area (Å²) in [5, 5.41) is 4.43. The quantitative estimate of drug-likeness (QED) is 0.355. The number of rotatable bonds is 6. The lowest BCUT2D eigenvalue weighted by Gasteiger charge is -2.47. The van der Waals surface area contributed by atoms with Gasteiger partial charge in [0.15, 0.2) is 5.82 Å². The second kappa shape index (κ2) is 9.59. The Morgan fingerprint density at radius 2 is 1.91 bits per heavy atom. The Bertz CT molecular complexity index is 1150. The van der Waals surface area contributed by atoms with Gasteiger partial charge in [-0.05, 0) is 79.3 Å². The molecular formula is C28H32N4OS. The molecule has 6 rings (SSSR count). The number of benzene rings is 2. The van der Waals surface area contributed by atoms with Gasteiger partial charge in [0.2, 0.25) is 0 Å². The van der Waals surface area contributed by atoms with Gasteiger partial charge in [0.05, 0.1) is 12.3 Å². The smallest absolute Gasteiger partial charge is 0.163 e. The van der Waals surface area contributed by atoms with Crippen molar-refractivity contribution in [1.29, 1.82) is 0 Å². The van der Waals surface area contributed by atoms with E-state index < -0.39 is 0 Å². The minimum Gasteiger partial charge on any atom is -0.494 e. The second-order valence-corrected chi connectivity index (χ2v) is 11.1. The number of likely N-dealkylation sites (tertiary alicyclic amines) is 1. The predicted octanol–water partition coefficient (Wildman–Crippen LogP) is 6.31. The van der Waals surface area contributed by atoms with Gasteiger partial charge in [-0.3, -0.25) is 4.90 Å². The molecule has 2 aromatic carbocycles. The topological polar surface area (TPSA) is 50.3 Å². The molecule has 5 nitrogen and oxygen atoms in total. The molecule has 1 aromatic heterocycles. The summed E-state index contributed by atoms with van der Waals surface area (Å²) in [4.78, 5) is 12.8. The molecule has 2 bridgehead atoms. The van der Waals surface area contributed by atoms with E-state index in [1.165, 1.54) is 54.8 Å². The van der Waals surface area contributed by atoms with E-state index in [4.69, 9.17) is 4.74 Å². The van der Waals surface area contributed by atoms with Crippen molar-refractivity contribution in [3.63, 3.8) is 0 Å². The molecule has 6 heteroatoms. The number of ether oxygens (including phenoxy) is 1. The fourth-order valence-corrected chi connectivity index (χ4v) is 6.98. The van der Waals surface area contributed by atoms with E-state index in [9.17, 15) is 0 Å². The van der Waals surface area contributed by atoms with Gasteiger partial charge in [-0.15, -0.1) is 0 Å². The molecule has 2 unspecified atom stereocenters. The molecule has 34 heavy (non-hydrogen) atoms. The monoisotopic (exact) mass is 472 g/mol. The fourth-order valence-electron chi connectivity index (χ4n) is 6.10. The van der Waals surface area contributed by atoms with Gasteiger partial charge in [0.1, 0.15) is 10.8 Å². The normalized spacial score (nSPS) is 23.5. The first-order valence-corrected chi connectivity index (χ1v) is 13.3. The first-order chi connectivity index (χ1) is 16.7. The third-order valence-electron chi connectivity index (χ3n) is 7.63. The van der Waals surface area contributed by atoms with E-state index >= 15 is 0 Å². The largest absolute Gasteiger partial charge is 0.494 e. The SMILES string of the molecule is Cc1cccc(OCCC2C3CCCC2CN(Cc2ccc4c(c2)Nc2nccnc2S4)C3)c1. The van der Waals surface area contributed by atoms with Crippen molar-refractivity contribution in [2.75, 3.05) is 25.0 Å². The third kappa shape index (κ3) is 4.66. The Morgan fingerprint density at radius 1 is 1.06 bits per heavy atom. The molecule has 0 amide bonds. The van der Waals surface area contributed by atoms with Gasteiger partial charge in [-0.25, -0.2) is 9.97 Å². The van der Waals surface area contributed by atoms with Crippen LogP contribution in [0.3, 0.4) is 0 Å². The highest BCUT2D eigenvalue weighted by molar-refractivity contribution is 7.99. The summed E-state index contributed by atoms with van der Waals surface area (Å²) in [5.74, 6) is 4.26. The van der Waals surface area contributed by atoms with Gasteiger partial charge < -0.3 is 10.1 Å². The van der Waals surface area contributed by atoms with Crippen LogP contribution in [-0.4, -0.2) is 34.6 Å². The number of hydrogen-bond acceptors (Lipinski definition) is 6. The van der Waals surface area contributed by atoms with Crippen LogP contribution in [0, 0.1) is 24.7 Å². The van der Waals surface area contributed by atoms with Crippen LogP contribution in [0.5, 0.6) is 5.75 Å². The first-order valence-electron chi connectivity index (χ1n) is 12.5. The Hall–Kier alpha value is -2.57. The number of nitrogens with one attached hydrogen (secondary N) is 1. The van der Waals surface area contributed by atoms with Crippen LogP contribution in [-0.2, 0) is 6.54 Å². The van der Waals surface area contributed by atoms with Gasteiger partial charge in [-0.2, -0.15) is 0 Å². The summed E-state index contributed by atoms with van der Waals surface area (Å²) < 4.78 is 6.12. The number of aryl methyl sites for hydroxylation is 1. The van der Waals surface area contributed by atoms with Crippen molar-refractivity contribution in [2.45, 2.75) is 49.1 Å². The zero-order valence-corrected chi connectivity index (χ0v) is 20.6. The van der Waals surface area contributed by atoms with Crippen LogP contribution in [0.1, 0.15) is 36.8 Å². The van der Waals surface area contributed by atoms with Crippen molar-refractivity contribution in [2.24, 2.45) is 17.8 Å². The Labute approximate surface area is 206 Å². The lowest BCUT2D eigenvalue weighted by Crippen LogP contribution is -2.48. The molecule has 3 heterocycles. The molecule has 1 N–H and O–H groups in total. The van der Waals surface area contributed by atoms with Crippen molar-refractivity contribution in [3.8, 4) is 5.75 Å². The molecule has 3 aromatic rings.